The summed E-state index contributed by atoms with van der Waals surface area (Å²) in [4.78, 5) is 25.4. The van der Waals surface area contributed by atoms with Gasteiger partial charge in [0.1, 0.15) is 23.7 Å². The van der Waals surface area contributed by atoms with Crippen molar-refractivity contribution in [3.63, 3.8) is 0 Å². The molecular weight excluding hydrogens is 413 g/mol. The number of halogens is 1. The molecule has 166 valence electrons. The zero-order valence-corrected chi connectivity index (χ0v) is 17.7. The lowest BCUT2D eigenvalue weighted by Gasteiger charge is -2.13. The Morgan fingerprint density at radius 1 is 1.25 bits per heavy atom. The van der Waals surface area contributed by atoms with E-state index in [0.717, 1.165) is 10.9 Å². The number of aromatic amines is 1. The van der Waals surface area contributed by atoms with Gasteiger partial charge in [0.25, 0.3) is 11.5 Å². The number of nitrogens with two attached hydrogens (primary N) is 1. The molecule has 2 aromatic heterocycles. The maximum atomic E-state index is 13.2. The number of pyridine rings is 1. The lowest BCUT2D eigenvalue weighted by atomic mass is 10.1. The summed E-state index contributed by atoms with van der Waals surface area (Å²) < 4.78 is 20.4. The third kappa shape index (κ3) is 4.19. The van der Waals surface area contributed by atoms with E-state index in [1.54, 1.807) is 10.6 Å². The highest BCUT2D eigenvalue weighted by atomic mass is 19.1. The Labute approximate surface area is 183 Å². The quantitative estimate of drug-likeness (QED) is 0.366. The van der Waals surface area contributed by atoms with Gasteiger partial charge in [0.15, 0.2) is 0 Å². The number of hydrogen-bond acceptors (Lipinski definition) is 5. The van der Waals surface area contributed by atoms with Crippen molar-refractivity contribution in [2.24, 2.45) is 5.73 Å². The molecule has 1 amide bonds. The number of hydrogen-bond donors (Lipinski definition) is 3. The number of benzene rings is 2. The minimum absolute atomic E-state index is 0.140. The van der Waals surface area contributed by atoms with Crippen LogP contribution in [-0.2, 0) is 6.54 Å². The van der Waals surface area contributed by atoms with Crippen LogP contribution in [0.25, 0.3) is 21.8 Å². The fraction of sp³-hybridized carbons (Fsp3) is 0.261. The summed E-state index contributed by atoms with van der Waals surface area (Å²) in [6, 6.07) is 10.9. The molecule has 0 saturated heterocycles. The molecule has 0 aliphatic heterocycles. The standard InChI is InChI=1S/C23H24FN5O3/c1-14-20-21(28-27-14)18-13-17(32-12-9-25)7-8-19(18)29(23(20)31)11-2-10-26-22(30)15-3-5-16(24)6-4-15/h3-8,13H,2,9-12,25H2,1H3,(H,26,30)(H,27,28). The predicted molar refractivity (Wildman–Crippen MR) is 120 cm³/mol. The van der Waals surface area contributed by atoms with E-state index in [1.165, 1.54) is 24.3 Å². The second-order valence-electron chi connectivity index (χ2n) is 7.46. The van der Waals surface area contributed by atoms with Gasteiger partial charge in [-0.15, -0.1) is 0 Å². The fourth-order valence-corrected chi connectivity index (χ4v) is 3.70. The molecule has 4 aromatic rings. The number of nitrogens with one attached hydrogen (secondary N) is 2. The first-order valence-corrected chi connectivity index (χ1v) is 10.4. The maximum Gasteiger partial charge on any atom is 0.262 e. The number of aromatic nitrogens is 3. The van der Waals surface area contributed by atoms with Crippen molar-refractivity contribution in [2.45, 2.75) is 19.9 Å². The number of carbonyl (C=O) groups excluding carboxylic acids is 1. The summed E-state index contributed by atoms with van der Waals surface area (Å²) in [6.45, 7) is 3.37. The first-order valence-electron chi connectivity index (χ1n) is 10.4. The number of ether oxygens (including phenoxy) is 1. The Morgan fingerprint density at radius 2 is 2.03 bits per heavy atom. The number of H-pyrrole nitrogens is 1. The first-order chi connectivity index (χ1) is 15.5. The number of carbonyl (C=O) groups is 1. The van der Waals surface area contributed by atoms with E-state index < -0.39 is 5.82 Å². The second-order valence-corrected chi connectivity index (χ2v) is 7.46. The number of nitrogens with zero attached hydrogens (tertiary/aromatic N) is 2. The lowest BCUT2D eigenvalue weighted by molar-refractivity contribution is 0.0952. The predicted octanol–water partition coefficient (Wildman–Crippen LogP) is 2.48. The van der Waals surface area contributed by atoms with Gasteiger partial charge in [-0.05, 0) is 55.8 Å². The van der Waals surface area contributed by atoms with E-state index in [2.05, 4.69) is 15.5 Å². The Bertz CT molecular complexity index is 1330. The highest BCUT2D eigenvalue weighted by Gasteiger charge is 2.16. The lowest BCUT2D eigenvalue weighted by Crippen LogP contribution is -2.27. The van der Waals surface area contributed by atoms with Gasteiger partial charge in [0.2, 0.25) is 0 Å². The molecule has 0 atom stereocenters. The zero-order chi connectivity index (χ0) is 22.7. The summed E-state index contributed by atoms with van der Waals surface area (Å²) in [5.41, 5.74) is 7.80. The van der Waals surface area contributed by atoms with Crippen LogP contribution >= 0.6 is 0 Å². The molecule has 4 N–H and O–H groups in total. The number of aryl methyl sites for hydroxylation is 2. The molecule has 0 aliphatic carbocycles. The molecule has 0 aliphatic rings. The minimum atomic E-state index is -0.394. The van der Waals surface area contributed by atoms with Crippen LogP contribution in [0, 0.1) is 12.7 Å². The maximum absolute atomic E-state index is 13.2. The Balaban J connectivity index is 1.57. The van der Waals surface area contributed by atoms with Crippen LogP contribution in [0.1, 0.15) is 22.5 Å². The van der Waals surface area contributed by atoms with Gasteiger partial charge in [-0.25, -0.2) is 4.39 Å². The van der Waals surface area contributed by atoms with E-state index in [-0.39, 0.29) is 11.5 Å². The van der Waals surface area contributed by atoms with Crippen LogP contribution in [0.4, 0.5) is 4.39 Å². The van der Waals surface area contributed by atoms with Gasteiger partial charge in [-0.1, -0.05) is 0 Å². The van der Waals surface area contributed by atoms with Crippen molar-refractivity contribution in [1.82, 2.24) is 20.1 Å². The van der Waals surface area contributed by atoms with Crippen LogP contribution < -0.4 is 21.3 Å². The number of rotatable bonds is 8. The second kappa shape index (κ2) is 9.19. The molecule has 2 aromatic carbocycles. The summed E-state index contributed by atoms with van der Waals surface area (Å²) in [7, 11) is 0. The minimum Gasteiger partial charge on any atom is -0.492 e. The molecule has 0 spiro atoms. The Morgan fingerprint density at radius 3 is 2.78 bits per heavy atom. The van der Waals surface area contributed by atoms with Gasteiger partial charge in [-0.2, -0.15) is 5.10 Å². The molecule has 8 nitrogen and oxygen atoms in total. The van der Waals surface area contributed by atoms with Gasteiger partial charge in [0.05, 0.1) is 10.9 Å². The number of amides is 1. The van der Waals surface area contributed by atoms with Gasteiger partial charge >= 0.3 is 0 Å². The van der Waals surface area contributed by atoms with E-state index in [4.69, 9.17) is 10.5 Å². The topological polar surface area (TPSA) is 115 Å². The SMILES string of the molecule is Cc1[nH]nc2c1c(=O)n(CCCNC(=O)c1ccc(F)cc1)c1ccc(OCCN)cc21. The third-order valence-corrected chi connectivity index (χ3v) is 5.26. The molecule has 0 fully saturated rings. The summed E-state index contributed by atoms with van der Waals surface area (Å²) in [6.07, 6.45) is 0.537. The third-order valence-electron chi connectivity index (χ3n) is 5.26. The van der Waals surface area contributed by atoms with Crippen LogP contribution in [0.15, 0.2) is 47.3 Å². The summed E-state index contributed by atoms with van der Waals surface area (Å²) >= 11 is 0. The molecule has 0 unspecified atom stereocenters. The fourth-order valence-electron chi connectivity index (χ4n) is 3.70. The Kier molecular flexibility index (Phi) is 6.18. The average Bonchev–Trinajstić information content (AvgIpc) is 3.19. The highest BCUT2D eigenvalue weighted by Crippen LogP contribution is 2.27. The van der Waals surface area contributed by atoms with Crippen LogP contribution in [0.3, 0.4) is 0 Å². The van der Waals surface area contributed by atoms with E-state index in [9.17, 15) is 14.0 Å². The molecular formula is C23H24FN5O3. The van der Waals surface area contributed by atoms with Crippen molar-refractivity contribution in [2.75, 3.05) is 19.7 Å². The molecule has 0 saturated carbocycles. The van der Waals surface area contributed by atoms with Crippen LogP contribution in [0.5, 0.6) is 5.75 Å². The molecule has 32 heavy (non-hydrogen) atoms. The monoisotopic (exact) mass is 437 g/mol. The van der Waals surface area contributed by atoms with Crippen molar-refractivity contribution in [3.05, 3.63) is 69.9 Å². The smallest absolute Gasteiger partial charge is 0.262 e. The van der Waals surface area contributed by atoms with Gasteiger partial charge in [-0.3, -0.25) is 14.7 Å². The van der Waals surface area contributed by atoms with Crippen molar-refractivity contribution in [1.29, 1.82) is 0 Å². The largest absolute Gasteiger partial charge is 0.492 e. The van der Waals surface area contributed by atoms with Crippen molar-refractivity contribution < 1.29 is 13.9 Å². The number of fused-ring (bicyclic) bond motifs is 3. The molecule has 9 heteroatoms. The average molecular weight is 437 g/mol. The normalized spacial score (nSPS) is 11.2. The summed E-state index contributed by atoms with van der Waals surface area (Å²) in [5.74, 6) is -0.0268. The van der Waals surface area contributed by atoms with E-state index in [1.807, 2.05) is 19.1 Å². The highest BCUT2D eigenvalue weighted by molar-refractivity contribution is 6.04. The van der Waals surface area contributed by atoms with E-state index in [0.29, 0.717) is 60.6 Å². The molecule has 2 heterocycles. The van der Waals surface area contributed by atoms with Crippen LogP contribution in [0.2, 0.25) is 0 Å². The molecule has 4 rings (SSSR count). The van der Waals surface area contributed by atoms with Gasteiger partial charge < -0.3 is 20.4 Å². The van der Waals surface area contributed by atoms with Crippen molar-refractivity contribution in [3.8, 4) is 5.75 Å². The van der Waals surface area contributed by atoms with Crippen molar-refractivity contribution >= 4 is 27.7 Å². The zero-order valence-electron chi connectivity index (χ0n) is 17.7. The van der Waals surface area contributed by atoms with Gasteiger partial charge in [0, 0.05) is 36.3 Å². The Hall–Kier alpha value is -3.72. The van der Waals surface area contributed by atoms with Crippen LogP contribution in [-0.4, -0.2) is 40.4 Å². The summed E-state index contributed by atoms with van der Waals surface area (Å²) in [5, 5.41) is 11.4. The van der Waals surface area contributed by atoms with E-state index >= 15 is 0 Å². The molecule has 0 bridgehead atoms. The molecule has 0 radical (unpaired) electrons. The first kappa shape index (κ1) is 21.5.